The Morgan fingerprint density at radius 2 is 2.00 bits per heavy atom. The molecule has 0 unspecified atom stereocenters. The van der Waals surface area contributed by atoms with E-state index in [1.54, 1.807) is 0 Å². The van der Waals surface area contributed by atoms with Gasteiger partial charge in [-0.2, -0.15) is 0 Å². The molecule has 0 amide bonds. The summed E-state index contributed by atoms with van der Waals surface area (Å²) in [5, 5.41) is 42.9. The summed E-state index contributed by atoms with van der Waals surface area (Å²) < 4.78 is 4.93. The van der Waals surface area contributed by atoms with E-state index in [9.17, 15) is 25.3 Å². The number of non-ortho nitro benzene ring substituents is 1. The van der Waals surface area contributed by atoms with Crippen LogP contribution < -0.4 is 10.7 Å². The molecule has 0 radical (unpaired) electrons. The maximum Gasteiger partial charge on any atom is 0.446 e. The zero-order valence-electron chi connectivity index (χ0n) is 9.42. The molecule has 0 spiro atoms. The van der Waals surface area contributed by atoms with Gasteiger partial charge in [-0.3, -0.25) is 10.1 Å². The maximum absolute atomic E-state index is 11.9. The molecule has 2 rings (SSSR count). The molecule has 0 aliphatic rings. The Morgan fingerprint density at radius 1 is 1.30 bits per heavy atom. The second-order valence-corrected chi connectivity index (χ2v) is 3.46. The van der Waals surface area contributed by atoms with E-state index in [0.29, 0.717) is 0 Å². The van der Waals surface area contributed by atoms with Crippen LogP contribution in [0.5, 0.6) is 5.75 Å². The molecule has 100 valence electrons. The van der Waals surface area contributed by atoms with Gasteiger partial charge in [0.2, 0.25) is 5.39 Å². The average Bonchev–Trinajstić information content (AvgIpc) is 2.38. The third-order valence-electron chi connectivity index (χ3n) is 2.32. The van der Waals surface area contributed by atoms with Gasteiger partial charge < -0.3 is 9.52 Å². The lowest BCUT2D eigenvalue weighted by molar-refractivity contribution is -0.491. The van der Waals surface area contributed by atoms with Gasteiger partial charge in [0.1, 0.15) is 10.7 Å². The molecule has 11 nitrogen and oxygen atoms in total. The summed E-state index contributed by atoms with van der Waals surface area (Å²) in [6.07, 6.45) is 0. The molecule has 0 atom stereocenters. The Hall–Kier alpha value is -3.55. The Bertz CT molecular complexity index is 848. The topological polar surface area (TPSA) is 163 Å². The first-order valence-electron chi connectivity index (χ1n) is 4.90. The van der Waals surface area contributed by atoms with Crippen LogP contribution in [0.15, 0.2) is 27.7 Å². The van der Waals surface area contributed by atoms with E-state index in [4.69, 9.17) is 9.81 Å². The number of nitro groups is 2. The fourth-order valence-electron chi connectivity index (χ4n) is 1.51. The molecule has 0 bridgehead atoms. The first kappa shape index (κ1) is 12.9. The first-order chi connectivity index (χ1) is 9.43. The number of nitro benzene ring substituents is 1. The lowest BCUT2D eigenvalue weighted by Crippen LogP contribution is -2.08. The van der Waals surface area contributed by atoms with Crippen molar-refractivity contribution in [3.8, 4) is 5.75 Å². The summed E-state index contributed by atoms with van der Waals surface area (Å²) in [7, 11) is 0. The van der Waals surface area contributed by atoms with Crippen LogP contribution in [-0.2, 0) is 0 Å². The van der Waals surface area contributed by atoms with Crippen LogP contribution in [0.3, 0.4) is 0 Å². The second-order valence-electron chi connectivity index (χ2n) is 3.46. The van der Waals surface area contributed by atoms with Crippen LogP contribution >= 0.6 is 0 Å². The molecule has 0 fully saturated rings. The van der Waals surface area contributed by atoms with Gasteiger partial charge in [0.15, 0.2) is 10.0 Å². The summed E-state index contributed by atoms with van der Waals surface area (Å²) in [6.45, 7) is 0. The lowest BCUT2D eigenvalue weighted by atomic mass is 10.2. The quantitative estimate of drug-likeness (QED) is 0.448. The van der Waals surface area contributed by atoms with E-state index in [1.165, 1.54) is 0 Å². The van der Waals surface area contributed by atoms with Crippen molar-refractivity contribution in [3.05, 3.63) is 49.0 Å². The summed E-state index contributed by atoms with van der Waals surface area (Å²) in [5.41, 5.74) is -2.15. The molecule has 0 aliphatic carbocycles. The number of hydrogen-bond donors (Lipinski definition) is 0. The van der Waals surface area contributed by atoms with Gasteiger partial charge in [-0.15, -0.1) is 0 Å². The Kier molecular flexibility index (Phi) is 2.97. The standard InChI is InChI=1S/C9H3N5O6/c10-11-7-8(15)5-3-4(13(16)17)1-2-6(5)20-9(7)12-14(18)19/h1-3H. The van der Waals surface area contributed by atoms with Crippen LogP contribution in [0.1, 0.15) is 0 Å². The normalized spacial score (nSPS) is 11.2. The third-order valence-corrected chi connectivity index (χ3v) is 2.32. The van der Waals surface area contributed by atoms with Crippen LogP contribution in [0.2, 0.25) is 0 Å². The van der Waals surface area contributed by atoms with E-state index in [1.807, 2.05) is 0 Å². The Balaban J connectivity index is 2.91. The number of nitrogens with zero attached hydrogens (tertiary/aromatic N) is 5. The molecule has 11 heteroatoms. The van der Waals surface area contributed by atoms with Crippen LogP contribution in [-0.4, -0.2) is 9.96 Å². The Labute approximate surface area is 108 Å². The van der Waals surface area contributed by atoms with Crippen molar-refractivity contribution < 1.29 is 19.5 Å². The van der Waals surface area contributed by atoms with Crippen molar-refractivity contribution >= 4 is 22.3 Å². The minimum Gasteiger partial charge on any atom is -0.866 e. The van der Waals surface area contributed by atoms with Crippen LogP contribution in [0, 0.1) is 25.6 Å². The molecule has 20 heavy (non-hydrogen) atoms. The SMILES string of the molecule is N#[N+]c1c([O-])c2cc([N+](=O)[O-])ccc2o/c1=N\[N+](=O)[O-]. The highest BCUT2D eigenvalue weighted by Gasteiger charge is 2.21. The fourth-order valence-corrected chi connectivity index (χ4v) is 1.51. The van der Waals surface area contributed by atoms with Crippen LogP contribution in [0.4, 0.5) is 11.4 Å². The zero-order chi connectivity index (χ0) is 14.9. The highest BCUT2D eigenvalue weighted by atomic mass is 16.7. The predicted molar refractivity (Wildman–Crippen MR) is 59.6 cm³/mol. The van der Waals surface area contributed by atoms with E-state index in [-0.39, 0.29) is 16.7 Å². The van der Waals surface area contributed by atoms with Gasteiger partial charge in [-0.25, -0.2) is 10.1 Å². The lowest BCUT2D eigenvalue weighted by Gasteiger charge is -2.05. The summed E-state index contributed by atoms with van der Waals surface area (Å²) in [6, 6.07) is 3.05. The summed E-state index contributed by atoms with van der Waals surface area (Å²) in [4.78, 5) is 22.7. The maximum atomic E-state index is 11.9. The number of benzene rings is 1. The van der Waals surface area contributed by atoms with Gasteiger partial charge in [0, 0.05) is 23.3 Å². The number of rotatable bonds is 2. The highest BCUT2D eigenvalue weighted by molar-refractivity contribution is 5.89. The van der Waals surface area contributed by atoms with E-state index in [2.05, 4.69) is 10.1 Å². The number of diazo groups is 1. The minimum absolute atomic E-state index is 0.159. The van der Waals surface area contributed by atoms with Crippen LogP contribution in [0.25, 0.3) is 15.9 Å². The van der Waals surface area contributed by atoms with Crippen molar-refractivity contribution in [1.82, 2.24) is 0 Å². The predicted octanol–water partition coefficient (Wildman–Crippen LogP) is 0.992. The van der Waals surface area contributed by atoms with E-state index >= 15 is 0 Å². The molecule has 2 aromatic rings. The highest BCUT2D eigenvalue weighted by Crippen LogP contribution is 2.31. The molecule has 0 saturated heterocycles. The molecule has 0 aliphatic heterocycles. The van der Waals surface area contributed by atoms with Gasteiger partial charge in [0.05, 0.1) is 4.92 Å². The summed E-state index contributed by atoms with van der Waals surface area (Å²) in [5.74, 6) is -0.974. The molecule has 1 aromatic carbocycles. The van der Waals surface area contributed by atoms with E-state index in [0.717, 1.165) is 18.2 Å². The fraction of sp³-hybridized carbons (Fsp3) is 0. The van der Waals surface area contributed by atoms with Crippen molar-refractivity contribution in [1.29, 1.82) is 5.39 Å². The zero-order valence-corrected chi connectivity index (χ0v) is 9.42. The minimum atomic E-state index is -1.13. The summed E-state index contributed by atoms with van der Waals surface area (Å²) >= 11 is 0. The van der Waals surface area contributed by atoms with Crippen molar-refractivity contribution in [2.45, 2.75) is 0 Å². The monoisotopic (exact) mass is 277 g/mol. The smallest absolute Gasteiger partial charge is 0.446 e. The van der Waals surface area contributed by atoms with Gasteiger partial charge >= 0.3 is 11.2 Å². The molecule has 0 saturated carbocycles. The molecular formula is C9H3N5O6. The average molecular weight is 277 g/mol. The van der Waals surface area contributed by atoms with Crippen molar-refractivity contribution in [2.75, 3.05) is 0 Å². The number of hydrogen-bond acceptors (Lipinski definition) is 7. The molecule has 1 aromatic heterocycles. The van der Waals surface area contributed by atoms with E-state index < -0.39 is 26.9 Å². The molecule has 1 heterocycles. The number of fused-ring (bicyclic) bond motifs is 1. The van der Waals surface area contributed by atoms with Gasteiger partial charge in [-0.1, -0.05) is 0 Å². The second kappa shape index (κ2) is 4.61. The molecular weight excluding hydrogens is 274 g/mol. The van der Waals surface area contributed by atoms with Crippen molar-refractivity contribution in [2.24, 2.45) is 5.10 Å². The first-order valence-corrected chi connectivity index (χ1v) is 4.90. The molecule has 0 N–H and O–H groups in total. The van der Waals surface area contributed by atoms with Crippen molar-refractivity contribution in [3.63, 3.8) is 0 Å². The Morgan fingerprint density at radius 3 is 2.55 bits per heavy atom. The third kappa shape index (κ3) is 2.08. The van der Waals surface area contributed by atoms with Gasteiger partial charge in [0.25, 0.3) is 5.69 Å². The largest absolute Gasteiger partial charge is 0.866 e. The van der Waals surface area contributed by atoms with Gasteiger partial charge in [-0.05, 0) is 6.07 Å².